The molecule has 0 bridgehead atoms. The first-order valence-corrected chi connectivity index (χ1v) is 5.47. The maximum absolute atomic E-state index is 10.9. The zero-order valence-electron chi connectivity index (χ0n) is 9.71. The van der Waals surface area contributed by atoms with Gasteiger partial charge in [-0.2, -0.15) is 5.10 Å². The molecule has 0 aliphatic carbocycles. The average molecular weight is 246 g/mol. The minimum Gasteiger partial charge on any atom is -0.468 e. The molecule has 0 amide bonds. The predicted molar refractivity (Wildman–Crippen MR) is 61.4 cm³/mol. The minimum atomic E-state index is -0.296. The number of nitrogens with one attached hydrogen (secondary N) is 1. The lowest BCUT2D eigenvalue weighted by molar-refractivity contribution is -0.139. The van der Waals surface area contributed by atoms with Gasteiger partial charge in [0.1, 0.15) is 0 Å². The van der Waals surface area contributed by atoms with E-state index in [1.165, 1.54) is 7.11 Å². The van der Waals surface area contributed by atoms with Crippen molar-refractivity contribution in [1.82, 2.24) is 15.1 Å². The Hall–Kier alpha value is -1.07. The Balaban J connectivity index is 2.62. The zero-order chi connectivity index (χ0) is 12.1. The van der Waals surface area contributed by atoms with Gasteiger partial charge >= 0.3 is 5.97 Å². The summed E-state index contributed by atoms with van der Waals surface area (Å²) >= 11 is 6.10. The lowest BCUT2D eigenvalue weighted by atomic mass is 10.3. The maximum Gasteiger partial charge on any atom is 0.319 e. The third-order valence-corrected chi connectivity index (χ3v) is 2.73. The number of hydrogen-bond acceptors (Lipinski definition) is 4. The van der Waals surface area contributed by atoms with E-state index in [1.54, 1.807) is 0 Å². The largest absolute Gasteiger partial charge is 0.468 e. The first kappa shape index (κ1) is 13.0. The van der Waals surface area contributed by atoms with E-state index in [0.717, 1.165) is 17.9 Å². The second-order valence-electron chi connectivity index (χ2n) is 3.34. The Morgan fingerprint density at radius 1 is 1.62 bits per heavy atom. The molecule has 1 N–H and O–H groups in total. The summed E-state index contributed by atoms with van der Waals surface area (Å²) in [6.45, 7) is 5.27. The molecule has 0 unspecified atom stereocenters. The van der Waals surface area contributed by atoms with Crippen LogP contribution in [-0.2, 0) is 22.6 Å². The van der Waals surface area contributed by atoms with Crippen LogP contribution in [0.25, 0.3) is 0 Å². The molecule has 5 nitrogen and oxygen atoms in total. The first-order chi connectivity index (χ1) is 7.60. The number of carbonyl (C=O) groups is 1. The van der Waals surface area contributed by atoms with Crippen molar-refractivity contribution >= 4 is 17.6 Å². The van der Waals surface area contributed by atoms with Crippen LogP contribution in [0.4, 0.5) is 0 Å². The molecule has 0 fully saturated rings. The van der Waals surface area contributed by atoms with Gasteiger partial charge in [-0.1, -0.05) is 11.6 Å². The van der Waals surface area contributed by atoms with E-state index in [9.17, 15) is 4.79 Å². The van der Waals surface area contributed by atoms with Crippen molar-refractivity contribution in [3.05, 3.63) is 16.4 Å². The van der Waals surface area contributed by atoms with Gasteiger partial charge in [-0.3, -0.25) is 9.48 Å². The smallest absolute Gasteiger partial charge is 0.319 e. The highest BCUT2D eigenvalue weighted by Crippen LogP contribution is 2.19. The second-order valence-corrected chi connectivity index (χ2v) is 3.72. The zero-order valence-corrected chi connectivity index (χ0v) is 10.5. The van der Waals surface area contributed by atoms with Gasteiger partial charge in [-0.05, 0) is 13.8 Å². The van der Waals surface area contributed by atoms with E-state index < -0.39 is 0 Å². The fourth-order valence-electron chi connectivity index (χ4n) is 1.39. The number of aryl methyl sites for hydroxylation is 2. The average Bonchev–Trinajstić information content (AvgIpc) is 2.56. The van der Waals surface area contributed by atoms with Crippen molar-refractivity contribution in [2.45, 2.75) is 26.9 Å². The number of rotatable bonds is 5. The molecule has 0 aromatic carbocycles. The van der Waals surface area contributed by atoms with Crippen LogP contribution in [0.5, 0.6) is 0 Å². The van der Waals surface area contributed by atoms with E-state index in [2.05, 4.69) is 15.2 Å². The quantitative estimate of drug-likeness (QED) is 0.790. The number of nitrogens with zero attached hydrogens (tertiary/aromatic N) is 2. The normalized spacial score (nSPS) is 10.5. The molecule has 0 radical (unpaired) electrons. The van der Waals surface area contributed by atoms with Gasteiger partial charge in [-0.25, -0.2) is 0 Å². The Morgan fingerprint density at radius 2 is 2.31 bits per heavy atom. The number of aromatic nitrogens is 2. The third kappa shape index (κ3) is 2.96. The van der Waals surface area contributed by atoms with Gasteiger partial charge in [0, 0.05) is 13.1 Å². The van der Waals surface area contributed by atoms with Crippen LogP contribution in [0.1, 0.15) is 18.3 Å². The molecule has 1 heterocycles. The summed E-state index contributed by atoms with van der Waals surface area (Å²) in [6.07, 6.45) is 0. The number of carbonyl (C=O) groups excluding carboxylic acids is 1. The van der Waals surface area contributed by atoms with Crippen molar-refractivity contribution in [3.8, 4) is 0 Å². The topological polar surface area (TPSA) is 56.2 Å². The highest BCUT2D eigenvalue weighted by molar-refractivity contribution is 6.31. The lowest BCUT2D eigenvalue weighted by Gasteiger charge is -2.06. The highest BCUT2D eigenvalue weighted by atomic mass is 35.5. The van der Waals surface area contributed by atoms with Crippen molar-refractivity contribution in [2.75, 3.05) is 13.7 Å². The third-order valence-electron chi connectivity index (χ3n) is 2.24. The van der Waals surface area contributed by atoms with Gasteiger partial charge in [0.2, 0.25) is 0 Å². The van der Waals surface area contributed by atoms with Gasteiger partial charge in [0.05, 0.1) is 30.1 Å². The molecule has 16 heavy (non-hydrogen) atoms. The summed E-state index contributed by atoms with van der Waals surface area (Å²) in [5.41, 5.74) is 1.70. The number of halogens is 1. The minimum absolute atomic E-state index is 0.167. The van der Waals surface area contributed by atoms with E-state index >= 15 is 0 Å². The Bertz CT molecular complexity index is 376. The molecule has 1 rings (SSSR count). The molecule has 0 spiro atoms. The van der Waals surface area contributed by atoms with Crippen molar-refractivity contribution in [3.63, 3.8) is 0 Å². The summed E-state index contributed by atoms with van der Waals surface area (Å²) in [4.78, 5) is 10.9. The summed E-state index contributed by atoms with van der Waals surface area (Å²) in [5, 5.41) is 7.89. The summed E-state index contributed by atoms with van der Waals surface area (Å²) in [7, 11) is 1.36. The van der Waals surface area contributed by atoms with Gasteiger partial charge in [0.15, 0.2) is 0 Å². The molecule has 1 aromatic rings. The van der Waals surface area contributed by atoms with Gasteiger partial charge in [0.25, 0.3) is 0 Å². The second kappa shape index (κ2) is 5.86. The number of ether oxygens (including phenoxy) is 1. The predicted octanol–water partition coefficient (Wildman–Crippen LogP) is 1.13. The van der Waals surface area contributed by atoms with Gasteiger partial charge < -0.3 is 10.1 Å². The molecule has 0 atom stereocenters. The van der Waals surface area contributed by atoms with E-state index in [0.29, 0.717) is 11.6 Å². The number of esters is 1. The van der Waals surface area contributed by atoms with Crippen molar-refractivity contribution in [2.24, 2.45) is 0 Å². The SMILES string of the molecule is CCn1nc(C)c(Cl)c1CNCC(=O)OC. The monoisotopic (exact) mass is 245 g/mol. The molecular formula is C10H16ClN3O2. The van der Waals surface area contributed by atoms with Crippen LogP contribution in [0.3, 0.4) is 0 Å². The summed E-state index contributed by atoms with van der Waals surface area (Å²) in [5.74, 6) is -0.296. The van der Waals surface area contributed by atoms with Crippen LogP contribution in [0.15, 0.2) is 0 Å². The van der Waals surface area contributed by atoms with Crippen LogP contribution in [0.2, 0.25) is 5.02 Å². The first-order valence-electron chi connectivity index (χ1n) is 5.09. The molecule has 0 aliphatic heterocycles. The fraction of sp³-hybridized carbons (Fsp3) is 0.600. The van der Waals surface area contributed by atoms with E-state index in [-0.39, 0.29) is 12.5 Å². The molecule has 0 saturated heterocycles. The van der Waals surface area contributed by atoms with Crippen LogP contribution < -0.4 is 5.32 Å². The van der Waals surface area contributed by atoms with Crippen molar-refractivity contribution < 1.29 is 9.53 Å². The Labute approximate surface area is 99.7 Å². The molecular weight excluding hydrogens is 230 g/mol. The Morgan fingerprint density at radius 3 is 2.88 bits per heavy atom. The van der Waals surface area contributed by atoms with E-state index in [1.807, 2.05) is 18.5 Å². The number of methoxy groups -OCH3 is 1. The summed E-state index contributed by atoms with van der Waals surface area (Å²) in [6, 6.07) is 0. The van der Waals surface area contributed by atoms with Crippen LogP contribution in [0, 0.1) is 6.92 Å². The van der Waals surface area contributed by atoms with Crippen LogP contribution >= 0.6 is 11.6 Å². The molecule has 90 valence electrons. The summed E-state index contributed by atoms with van der Waals surface area (Å²) < 4.78 is 6.34. The standard InChI is InChI=1S/C10H16ClN3O2/c1-4-14-8(10(11)7(2)13-14)5-12-6-9(15)16-3/h12H,4-6H2,1-3H3. The molecule has 6 heteroatoms. The van der Waals surface area contributed by atoms with Crippen molar-refractivity contribution in [1.29, 1.82) is 0 Å². The van der Waals surface area contributed by atoms with Crippen LogP contribution in [-0.4, -0.2) is 29.4 Å². The highest BCUT2D eigenvalue weighted by Gasteiger charge is 2.12. The fourth-order valence-corrected chi connectivity index (χ4v) is 1.60. The molecule has 0 saturated carbocycles. The maximum atomic E-state index is 10.9. The van der Waals surface area contributed by atoms with E-state index in [4.69, 9.17) is 11.6 Å². The Kier molecular flexibility index (Phi) is 4.76. The lowest BCUT2D eigenvalue weighted by Crippen LogP contribution is -2.24. The number of hydrogen-bond donors (Lipinski definition) is 1. The molecule has 0 aliphatic rings. The van der Waals surface area contributed by atoms with Gasteiger partial charge in [-0.15, -0.1) is 0 Å². The molecule has 1 aromatic heterocycles.